The number of rotatable bonds is 15. The predicted molar refractivity (Wildman–Crippen MR) is 149 cm³/mol. The Labute approximate surface area is 228 Å². The van der Waals surface area contributed by atoms with Crippen molar-refractivity contribution in [3.63, 3.8) is 0 Å². The van der Waals surface area contributed by atoms with E-state index >= 15 is 0 Å². The number of aromatic nitrogens is 1. The lowest BCUT2D eigenvalue weighted by atomic mass is 10.1. The lowest BCUT2D eigenvalue weighted by molar-refractivity contribution is -0.145. The molecule has 0 fully saturated rings. The molecule has 0 radical (unpaired) electrons. The number of benzene rings is 2. The van der Waals surface area contributed by atoms with Gasteiger partial charge in [-0.3, -0.25) is 14.6 Å². The van der Waals surface area contributed by atoms with Crippen molar-refractivity contribution in [1.82, 2.24) is 10.3 Å². The normalized spacial score (nSPS) is 11.8. The molecule has 0 unspecified atom stereocenters. The van der Waals surface area contributed by atoms with E-state index in [4.69, 9.17) is 14.9 Å². The molecule has 8 heteroatoms. The molecule has 3 N–H and O–H groups in total. The number of carbonyl (C=O) groups is 3. The molecule has 0 saturated carbocycles. The average molecular weight is 531 g/mol. The van der Waals surface area contributed by atoms with Crippen molar-refractivity contribution in [2.75, 3.05) is 6.61 Å². The van der Waals surface area contributed by atoms with E-state index in [1.807, 2.05) is 24.3 Å². The van der Waals surface area contributed by atoms with Gasteiger partial charge in [0.1, 0.15) is 6.04 Å². The van der Waals surface area contributed by atoms with E-state index in [9.17, 15) is 14.4 Å². The Morgan fingerprint density at radius 1 is 0.949 bits per heavy atom. The van der Waals surface area contributed by atoms with Crippen molar-refractivity contribution in [2.45, 2.75) is 51.7 Å². The maximum Gasteiger partial charge on any atom is 0.326 e. The first kappa shape index (κ1) is 29.3. The number of amides is 1. The zero-order valence-corrected chi connectivity index (χ0v) is 22.0. The Morgan fingerprint density at radius 3 is 2.41 bits per heavy atom. The van der Waals surface area contributed by atoms with Gasteiger partial charge in [-0.05, 0) is 72.7 Å². The average Bonchev–Trinajstić information content (AvgIpc) is 2.94. The predicted octanol–water partition coefficient (Wildman–Crippen LogP) is 5.01. The van der Waals surface area contributed by atoms with Crippen LogP contribution in [0.5, 0.6) is 0 Å². The first-order chi connectivity index (χ1) is 18.8. The second-order valence-corrected chi connectivity index (χ2v) is 9.15. The molecule has 0 spiro atoms. The third-order valence-corrected chi connectivity index (χ3v) is 6.09. The number of carbonyl (C=O) groups excluding carboxylic acids is 1. The number of nitrogens with one attached hydrogen (secondary N) is 1. The summed E-state index contributed by atoms with van der Waals surface area (Å²) in [7, 11) is 0. The Morgan fingerprint density at radius 2 is 1.69 bits per heavy atom. The maximum absolute atomic E-state index is 12.5. The molecule has 0 saturated heterocycles. The highest BCUT2D eigenvalue weighted by atomic mass is 16.5. The van der Waals surface area contributed by atoms with E-state index < -0.39 is 30.3 Å². The molecule has 8 nitrogen and oxygen atoms in total. The van der Waals surface area contributed by atoms with Gasteiger partial charge in [-0.15, -0.1) is 0 Å². The molecule has 0 aliphatic rings. The Bertz CT molecular complexity index is 1290. The highest BCUT2D eigenvalue weighted by Gasteiger charge is 2.23. The van der Waals surface area contributed by atoms with Crippen LogP contribution in [0.2, 0.25) is 0 Å². The molecule has 0 aliphatic heterocycles. The Balaban J connectivity index is 1.47. The molecule has 39 heavy (non-hydrogen) atoms. The van der Waals surface area contributed by atoms with E-state index in [0.29, 0.717) is 18.8 Å². The minimum atomic E-state index is -1.51. The zero-order chi connectivity index (χ0) is 28.0. The van der Waals surface area contributed by atoms with Gasteiger partial charge in [0.2, 0.25) is 0 Å². The van der Waals surface area contributed by atoms with Crippen LogP contribution >= 0.6 is 0 Å². The summed E-state index contributed by atoms with van der Waals surface area (Å²) in [6.07, 6.45) is 7.03. The third kappa shape index (κ3) is 10.2. The second kappa shape index (κ2) is 15.2. The van der Waals surface area contributed by atoms with Crippen molar-refractivity contribution in [1.29, 1.82) is 0 Å². The van der Waals surface area contributed by atoms with Crippen molar-refractivity contribution in [3.8, 4) is 0 Å². The molecule has 204 valence electrons. The number of carboxylic acids is 2. The van der Waals surface area contributed by atoms with Crippen molar-refractivity contribution >= 4 is 30.0 Å². The molecular formula is C31H34N2O6. The highest BCUT2D eigenvalue weighted by molar-refractivity contribution is 5.97. The number of hydrogen-bond donors (Lipinski definition) is 3. The molecule has 0 aliphatic carbocycles. The molecule has 1 amide bonds. The smallest absolute Gasteiger partial charge is 0.326 e. The van der Waals surface area contributed by atoms with Gasteiger partial charge in [0.25, 0.3) is 5.91 Å². The third-order valence-electron chi connectivity index (χ3n) is 6.09. The Hall–Kier alpha value is -4.30. The largest absolute Gasteiger partial charge is 0.481 e. The second-order valence-electron chi connectivity index (χ2n) is 9.15. The van der Waals surface area contributed by atoms with Crippen molar-refractivity contribution in [2.24, 2.45) is 0 Å². The molecule has 1 aromatic heterocycles. The number of unbranched alkanes of at least 4 members (excludes halogenated alkanes) is 1. The summed E-state index contributed by atoms with van der Waals surface area (Å²) in [5.41, 5.74) is 5.19. The van der Waals surface area contributed by atoms with Gasteiger partial charge in [0.15, 0.2) is 0 Å². The van der Waals surface area contributed by atoms with Gasteiger partial charge in [0, 0.05) is 12.2 Å². The van der Waals surface area contributed by atoms with Gasteiger partial charge in [-0.2, -0.15) is 0 Å². The van der Waals surface area contributed by atoms with E-state index in [0.717, 1.165) is 37.1 Å². The quantitative estimate of drug-likeness (QED) is 0.236. The lowest BCUT2D eigenvalue weighted by Crippen LogP contribution is -2.42. The van der Waals surface area contributed by atoms with Gasteiger partial charge >= 0.3 is 11.9 Å². The standard InChI is InChI=1S/C31H34N2O6/c1-2-22-12-14-23(15-13-22)7-3-4-18-39-21-27-11-6-10-26(32-27)17-16-24-8-5-9-25(19-24)30(36)33-28(31(37)38)20-29(34)35/h5-6,8-17,19,28H,2-4,7,18,20-21H2,1H3,(H,33,36)(H,34,35)(H,37,38)/b17-16+/t28-/m0/s1. The topological polar surface area (TPSA) is 126 Å². The van der Waals surface area contributed by atoms with Crippen LogP contribution in [0.4, 0.5) is 0 Å². The van der Waals surface area contributed by atoms with Crippen molar-refractivity contribution < 1.29 is 29.3 Å². The van der Waals surface area contributed by atoms with Crippen LogP contribution < -0.4 is 5.32 Å². The molecule has 1 atom stereocenters. The van der Waals surface area contributed by atoms with E-state index in [1.165, 1.54) is 17.2 Å². The fourth-order valence-electron chi connectivity index (χ4n) is 3.90. The molecule has 2 aromatic carbocycles. The maximum atomic E-state index is 12.5. The molecule has 1 heterocycles. The molecular weight excluding hydrogens is 496 g/mol. The number of aryl methyl sites for hydroxylation is 2. The van der Waals surface area contributed by atoms with Crippen LogP contribution in [-0.2, 0) is 33.8 Å². The minimum absolute atomic E-state index is 0.224. The summed E-state index contributed by atoms with van der Waals surface area (Å²) in [4.78, 5) is 39.2. The van der Waals surface area contributed by atoms with Gasteiger partial charge in [-0.1, -0.05) is 55.5 Å². The zero-order valence-electron chi connectivity index (χ0n) is 22.0. The summed E-state index contributed by atoms with van der Waals surface area (Å²) < 4.78 is 5.82. The van der Waals surface area contributed by atoms with Gasteiger partial charge in [0.05, 0.1) is 24.4 Å². The van der Waals surface area contributed by atoms with Crippen LogP contribution in [0, 0.1) is 0 Å². The highest BCUT2D eigenvalue weighted by Crippen LogP contribution is 2.12. The van der Waals surface area contributed by atoms with E-state index in [-0.39, 0.29) is 5.56 Å². The fraction of sp³-hybridized carbons (Fsp3) is 0.290. The number of aliphatic carboxylic acids is 2. The number of nitrogens with zero attached hydrogens (tertiary/aromatic N) is 1. The SMILES string of the molecule is CCc1ccc(CCCCOCc2cccc(/C=C/c3cccc(C(=O)N[C@@H](CC(=O)O)C(=O)O)c3)n2)cc1. The summed E-state index contributed by atoms with van der Waals surface area (Å²) in [6, 6.07) is 19.5. The Kier molecular flexibility index (Phi) is 11.4. The lowest BCUT2D eigenvalue weighted by Gasteiger charge is -2.12. The summed E-state index contributed by atoms with van der Waals surface area (Å²) in [6.45, 7) is 3.24. The van der Waals surface area contributed by atoms with Gasteiger partial charge < -0.3 is 20.3 Å². The van der Waals surface area contributed by atoms with Crippen LogP contribution in [0.1, 0.15) is 64.6 Å². The number of hydrogen-bond acceptors (Lipinski definition) is 5. The summed E-state index contributed by atoms with van der Waals surface area (Å²) >= 11 is 0. The van der Waals surface area contributed by atoms with Crippen molar-refractivity contribution in [3.05, 3.63) is 100 Å². The van der Waals surface area contributed by atoms with E-state index in [2.05, 4.69) is 41.5 Å². The first-order valence-corrected chi connectivity index (χ1v) is 13.0. The summed E-state index contributed by atoms with van der Waals surface area (Å²) in [5, 5.41) is 20.3. The van der Waals surface area contributed by atoms with Crippen LogP contribution in [0.25, 0.3) is 12.2 Å². The fourth-order valence-corrected chi connectivity index (χ4v) is 3.90. The summed E-state index contributed by atoms with van der Waals surface area (Å²) in [5.74, 6) is -3.38. The molecule has 3 aromatic rings. The van der Waals surface area contributed by atoms with Gasteiger partial charge in [-0.25, -0.2) is 4.79 Å². The van der Waals surface area contributed by atoms with Crippen LogP contribution in [-0.4, -0.2) is 45.7 Å². The van der Waals surface area contributed by atoms with Crippen LogP contribution in [0.15, 0.2) is 66.7 Å². The first-order valence-electron chi connectivity index (χ1n) is 13.0. The number of pyridine rings is 1. The number of carboxylic acid groups (broad SMARTS) is 2. The number of ether oxygens (including phenoxy) is 1. The molecule has 0 bridgehead atoms. The van der Waals surface area contributed by atoms with E-state index in [1.54, 1.807) is 24.3 Å². The van der Waals surface area contributed by atoms with Crippen LogP contribution in [0.3, 0.4) is 0 Å². The monoisotopic (exact) mass is 530 g/mol. The minimum Gasteiger partial charge on any atom is -0.481 e. The molecule has 3 rings (SSSR count).